The van der Waals surface area contributed by atoms with Crippen molar-refractivity contribution in [3.05, 3.63) is 112 Å². The summed E-state index contributed by atoms with van der Waals surface area (Å²) in [6.07, 6.45) is 8.92. The lowest BCUT2D eigenvalue weighted by Crippen LogP contribution is -3.11. The van der Waals surface area contributed by atoms with Crippen molar-refractivity contribution in [2.75, 3.05) is 6.67 Å². The summed E-state index contributed by atoms with van der Waals surface area (Å²) in [7, 11) is 0. The van der Waals surface area contributed by atoms with Crippen LogP contribution in [0.5, 0.6) is 0 Å². The fraction of sp³-hybridized carbons (Fsp3) is 0.226. The second-order valence-electron chi connectivity index (χ2n) is 11.0. The van der Waals surface area contributed by atoms with Gasteiger partial charge in [0.15, 0.2) is 18.0 Å². The Bertz CT molecular complexity index is 1990. The molecule has 0 saturated heterocycles. The normalized spacial score (nSPS) is 21.1. The van der Waals surface area contributed by atoms with Gasteiger partial charge in [-0.2, -0.15) is 10.1 Å². The van der Waals surface area contributed by atoms with Gasteiger partial charge in [0.1, 0.15) is 12.0 Å². The zero-order valence-electron chi connectivity index (χ0n) is 23.4. The van der Waals surface area contributed by atoms with Crippen LogP contribution >= 0.6 is 0 Å². The molecule has 0 radical (unpaired) electrons. The highest BCUT2D eigenvalue weighted by Gasteiger charge is 2.32. The summed E-state index contributed by atoms with van der Waals surface area (Å²) in [5.41, 5.74) is 1.03. The minimum absolute atomic E-state index is 0.00425. The molecule has 1 aromatic carbocycles. The predicted molar refractivity (Wildman–Crippen MR) is 158 cm³/mol. The molecule has 1 fully saturated rings. The molecule has 5 heterocycles. The number of rotatable bonds is 5. The number of quaternary nitrogens is 1. The van der Waals surface area contributed by atoms with Gasteiger partial charge in [0.25, 0.3) is 11.5 Å². The number of amides is 1. The van der Waals surface area contributed by atoms with Gasteiger partial charge in [-0.05, 0) is 56.0 Å². The fourth-order valence-electron chi connectivity index (χ4n) is 6.04. The van der Waals surface area contributed by atoms with Crippen LogP contribution in [0, 0.1) is 5.82 Å². The first-order chi connectivity index (χ1) is 21.4. The molecule has 1 unspecified atom stereocenters. The van der Waals surface area contributed by atoms with Crippen molar-refractivity contribution >= 4 is 22.8 Å². The van der Waals surface area contributed by atoms with Crippen molar-refractivity contribution in [1.29, 1.82) is 0 Å². The molecule has 0 spiro atoms. The average Bonchev–Trinajstić information content (AvgIpc) is 3.46. The van der Waals surface area contributed by atoms with E-state index in [1.165, 1.54) is 21.4 Å². The minimum Gasteiger partial charge on any atom is -0.348 e. The Morgan fingerprint density at radius 1 is 1.02 bits per heavy atom. The van der Waals surface area contributed by atoms with Crippen LogP contribution in [0.4, 0.5) is 8.87 Å². The van der Waals surface area contributed by atoms with Crippen molar-refractivity contribution in [2.24, 2.45) is 4.99 Å². The SMILES string of the molecule is O=C(NC1CCC(n2c(=O)c3cc(F)cnc3n(-c3cccc(-c4ccccn4)c3)c2=O)CC1)C1=C[NH+]2CN(F)C=CC2=N1. The molecule has 1 aliphatic carbocycles. The standard InChI is InChI=1S/C31H26F2N8O3/c32-20-15-24-28(35-16-20)40(23-5-3-4-19(14-23)25-6-1-2-12-34-25)31(44)41(30(24)43)22-9-7-21(8-10-22)36-29(42)26-17-38-18-39(33)13-11-27(38)37-26/h1-6,11-17,21-22H,7-10,18H2,(H,36,42)/p+1. The maximum Gasteiger partial charge on any atom is 0.337 e. The Kier molecular flexibility index (Phi) is 6.93. The van der Waals surface area contributed by atoms with E-state index < -0.39 is 23.1 Å². The first-order valence-corrected chi connectivity index (χ1v) is 14.3. The van der Waals surface area contributed by atoms with E-state index in [2.05, 4.69) is 20.3 Å². The van der Waals surface area contributed by atoms with Crippen LogP contribution in [0.2, 0.25) is 0 Å². The molecular weight excluding hydrogens is 570 g/mol. The van der Waals surface area contributed by atoms with Crippen LogP contribution < -0.4 is 21.5 Å². The number of halogens is 2. The summed E-state index contributed by atoms with van der Waals surface area (Å²) in [5.74, 6) is -0.477. The number of hydrogen-bond donors (Lipinski definition) is 2. The average molecular weight is 598 g/mol. The highest BCUT2D eigenvalue weighted by Crippen LogP contribution is 2.28. The van der Waals surface area contributed by atoms with Gasteiger partial charge in [-0.25, -0.2) is 23.6 Å². The van der Waals surface area contributed by atoms with Gasteiger partial charge in [-0.1, -0.05) is 22.7 Å². The van der Waals surface area contributed by atoms with E-state index in [1.54, 1.807) is 30.6 Å². The van der Waals surface area contributed by atoms with Crippen LogP contribution in [0.1, 0.15) is 31.7 Å². The van der Waals surface area contributed by atoms with Crippen molar-refractivity contribution in [2.45, 2.75) is 37.8 Å². The molecule has 44 heavy (non-hydrogen) atoms. The van der Waals surface area contributed by atoms with Crippen molar-refractivity contribution in [3.63, 3.8) is 0 Å². The van der Waals surface area contributed by atoms with E-state index in [0.717, 1.165) is 17.8 Å². The quantitative estimate of drug-likeness (QED) is 0.341. The Morgan fingerprint density at radius 3 is 2.66 bits per heavy atom. The lowest BCUT2D eigenvalue weighted by molar-refractivity contribution is -0.763. The van der Waals surface area contributed by atoms with Gasteiger partial charge in [0.05, 0.1) is 23.0 Å². The topological polar surface area (TPSA) is 119 Å². The lowest BCUT2D eigenvalue weighted by Gasteiger charge is -2.30. The molecule has 1 saturated carbocycles. The van der Waals surface area contributed by atoms with E-state index in [4.69, 9.17) is 0 Å². The van der Waals surface area contributed by atoms with Crippen LogP contribution in [0.15, 0.2) is 99.7 Å². The number of amidine groups is 1. The molecule has 7 rings (SSSR count). The van der Waals surface area contributed by atoms with Gasteiger partial charge < -0.3 is 5.32 Å². The van der Waals surface area contributed by atoms with Gasteiger partial charge in [-0.3, -0.25) is 19.1 Å². The number of aromatic nitrogens is 4. The Labute approximate surface area is 249 Å². The molecule has 222 valence electrons. The lowest BCUT2D eigenvalue weighted by atomic mass is 9.90. The maximum atomic E-state index is 14.3. The molecule has 1 amide bonds. The number of nitrogens with one attached hydrogen (secondary N) is 2. The molecule has 2 N–H and O–H groups in total. The van der Waals surface area contributed by atoms with Crippen LogP contribution in [-0.2, 0) is 4.79 Å². The van der Waals surface area contributed by atoms with Gasteiger partial charge in [0, 0.05) is 36.1 Å². The largest absolute Gasteiger partial charge is 0.348 e. The monoisotopic (exact) mass is 597 g/mol. The highest BCUT2D eigenvalue weighted by atomic mass is 19.2. The number of benzene rings is 1. The number of carbonyl (C=O) groups excluding carboxylic acids is 1. The van der Waals surface area contributed by atoms with Crippen molar-refractivity contribution in [1.82, 2.24) is 29.5 Å². The molecule has 0 bridgehead atoms. The summed E-state index contributed by atoms with van der Waals surface area (Å²) in [4.78, 5) is 54.1. The molecule has 3 aliphatic rings. The van der Waals surface area contributed by atoms with E-state index in [9.17, 15) is 23.3 Å². The number of carbonyl (C=O) groups is 1. The third kappa shape index (κ3) is 5.00. The molecule has 11 nitrogen and oxygen atoms in total. The van der Waals surface area contributed by atoms with Crippen LogP contribution in [0.25, 0.3) is 28.0 Å². The second-order valence-corrected chi connectivity index (χ2v) is 11.0. The summed E-state index contributed by atoms with van der Waals surface area (Å²) in [6, 6.07) is 13.1. The summed E-state index contributed by atoms with van der Waals surface area (Å²) < 4.78 is 30.4. The van der Waals surface area contributed by atoms with E-state index in [0.29, 0.717) is 52.9 Å². The number of hydrogen-bond acceptors (Lipinski definition) is 7. The summed E-state index contributed by atoms with van der Waals surface area (Å²) in [5, 5.41) is 3.50. The Morgan fingerprint density at radius 2 is 1.86 bits per heavy atom. The first-order valence-electron chi connectivity index (χ1n) is 14.3. The van der Waals surface area contributed by atoms with E-state index >= 15 is 0 Å². The maximum absolute atomic E-state index is 14.3. The number of fused-ring (bicyclic) bond motifs is 2. The molecule has 3 aromatic heterocycles. The predicted octanol–water partition coefficient (Wildman–Crippen LogP) is 2.16. The number of aliphatic imine (C=N–C) groups is 1. The van der Waals surface area contributed by atoms with Crippen LogP contribution in [-0.4, -0.2) is 48.7 Å². The summed E-state index contributed by atoms with van der Waals surface area (Å²) >= 11 is 0. The zero-order chi connectivity index (χ0) is 30.4. The Balaban J connectivity index is 1.17. The number of nitrogens with zero attached hydrogens (tertiary/aromatic N) is 6. The van der Waals surface area contributed by atoms with Crippen molar-refractivity contribution in [3.8, 4) is 16.9 Å². The fourth-order valence-corrected chi connectivity index (χ4v) is 6.04. The zero-order valence-corrected chi connectivity index (χ0v) is 23.4. The smallest absolute Gasteiger partial charge is 0.337 e. The van der Waals surface area contributed by atoms with Gasteiger partial charge >= 0.3 is 5.69 Å². The second kappa shape index (κ2) is 11.1. The third-order valence-corrected chi connectivity index (χ3v) is 8.18. The molecule has 1 atom stereocenters. The molecule has 4 aromatic rings. The van der Waals surface area contributed by atoms with E-state index in [1.807, 2.05) is 24.3 Å². The summed E-state index contributed by atoms with van der Waals surface area (Å²) in [6.45, 7) is 0.0299. The minimum atomic E-state index is -0.683. The van der Waals surface area contributed by atoms with Crippen molar-refractivity contribution < 1.29 is 18.6 Å². The van der Waals surface area contributed by atoms with E-state index in [-0.39, 0.29) is 35.3 Å². The number of pyridine rings is 2. The molecule has 13 heteroatoms. The van der Waals surface area contributed by atoms with Gasteiger partial charge in [-0.15, -0.1) is 0 Å². The molecular formula is C31H27F2N8O3+. The molecule has 2 aliphatic heterocycles. The highest BCUT2D eigenvalue weighted by molar-refractivity contribution is 5.99. The van der Waals surface area contributed by atoms with Crippen LogP contribution in [0.3, 0.4) is 0 Å². The van der Waals surface area contributed by atoms with Gasteiger partial charge in [0.2, 0.25) is 5.84 Å². The third-order valence-electron chi connectivity index (χ3n) is 8.18. The first kappa shape index (κ1) is 27.5. The Hall–Kier alpha value is -5.30.